The van der Waals surface area contributed by atoms with Crippen LogP contribution in [0.15, 0.2) is 42.5 Å². The van der Waals surface area contributed by atoms with Crippen LogP contribution < -0.4 is 5.32 Å². The SMILES string of the molecule is CCOCCC(=O)N[C@@H]1CC(=O)N(Cc2cccc3ccccc23)C1. The predicted molar refractivity (Wildman–Crippen MR) is 97.0 cm³/mol. The number of hydrogen-bond donors (Lipinski definition) is 1. The van der Waals surface area contributed by atoms with Crippen LogP contribution in [0.2, 0.25) is 0 Å². The van der Waals surface area contributed by atoms with E-state index in [4.69, 9.17) is 4.74 Å². The zero-order valence-corrected chi connectivity index (χ0v) is 14.5. The normalized spacial score (nSPS) is 17.2. The highest BCUT2D eigenvalue weighted by atomic mass is 16.5. The average molecular weight is 340 g/mol. The number of rotatable bonds is 7. The third-order valence-electron chi connectivity index (χ3n) is 4.50. The summed E-state index contributed by atoms with van der Waals surface area (Å²) in [5.41, 5.74) is 1.13. The van der Waals surface area contributed by atoms with Crippen LogP contribution in [0.25, 0.3) is 10.8 Å². The van der Waals surface area contributed by atoms with Gasteiger partial charge < -0.3 is 15.0 Å². The molecule has 2 aromatic rings. The van der Waals surface area contributed by atoms with Gasteiger partial charge in [-0.15, -0.1) is 0 Å². The van der Waals surface area contributed by atoms with Gasteiger partial charge in [-0.1, -0.05) is 42.5 Å². The van der Waals surface area contributed by atoms with E-state index in [0.717, 1.165) is 5.56 Å². The highest BCUT2D eigenvalue weighted by Crippen LogP contribution is 2.22. The van der Waals surface area contributed by atoms with Gasteiger partial charge in [-0.05, 0) is 23.3 Å². The molecule has 1 aliphatic rings. The molecule has 0 spiro atoms. The number of amides is 2. The zero-order valence-electron chi connectivity index (χ0n) is 14.5. The summed E-state index contributed by atoms with van der Waals surface area (Å²) in [5.74, 6) is 0.0290. The molecule has 0 bridgehead atoms. The molecule has 3 rings (SSSR count). The van der Waals surface area contributed by atoms with Gasteiger partial charge in [0.15, 0.2) is 0 Å². The molecule has 1 heterocycles. The Labute approximate surface area is 148 Å². The quantitative estimate of drug-likeness (QED) is 0.788. The predicted octanol–water partition coefficient (Wildman–Crippen LogP) is 2.48. The van der Waals surface area contributed by atoms with Crippen LogP contribution in [0.1, 0.15) is 25.3 Å². The van der Waals surface area contributed by atoms with Crippen molar-refractivity contribution in [3.63, 3.8) is 0 Å². The van der Waals surface area contributed by atoms with Crippen molar-refractivity contribution in [3.05, 3.63) is 48.0 Å². The number of nitrogens with one attached hydrogen (secondary N) is 1. The second kappa shape index (κ2) is 8.12. The van der Waals surface area contributed by atoms with E-state index in [-0.39, 0.29) is 17.9 Å². The van der Waals surface area contributed by atoms with Gasteiger partial charge in [-0.25, -0.2) is 0 Å². The fourth-order valence-corrected chi connectivity index (χ4v) is 3.27. The van der Waals surface area contributed by atoms with Crippen LogP contribution in [0, 0.1) is 0 Å². The van der Waals surface area contributed by atoms with Crippen LogP contribution in [0.4, 0.5) is 0 Å². The van der Waals surface area contributed by atoms with E-state index in [1.807, 2.05) is 30.0 Å². The van der Waals surface area contributed by atoms with E-state index < -0.39 is 0 Å². The van der Waals surface area contributed by atoms with Crippen molar-refractivity contribution in [2.75, 3.05) is 19.8 Å². The summed E-state index contributed by atoms with van der Waals surface area (Å²) in [6, 6.07) is 14.2. The molecule has 25 heavy (non-hydrogen) atoms. The van der Waals surface area contributed by atoms with E-state index in [2.05, 4.69) is 29.6 Å². The van der Waals surface area contributed by atoms with Crippen molar-refractivity contribution in [2.24, 2.45) is 0 Å². The second-order valence-corrected chi connectivity index (χ2v) is 6.33. The minimum absolute atomic E-state index is 0.0572. The molecule has 0 unspecified atom stereocenters. The van der Waals surface area contributed by atoms with Crippen LogP contribution in [-0.2, 0) is 20.9 Å². The van der Waals surface area contributed by atoms with Crippen molar-refractivity contribution < 1.29 is 14.3 Å². The van der Waals surface area contributed by atoms with Crippen molar-refractivity contribution in [1.82, 2.24) is 10.2 Å². The van der Waals surface area contributed by atoms with Crippen LogP contribution in [0.3, 0.4) is 0 Å². The minimum Gasteiger partial charge on any atom is -0.381 e. The fourth-order valence-electron chi connectivity index (χ4n) is 3.27. The molecule has 5 heteroatoms. The Bertz CT molecular complexity index is 754. The summed E-state index contributed by atoms with van der Waals surface area (Å²) in [7, 11) is 0. The lowest BCUT2D eigenvalue weighted by Crippen LogP contribution is -2.37. The molecule has 132 valence electrons. The molecule has 0 aromatic heterocycles. The Morgan fingerprint density at radius 3 is 2.88 bits per heavy atom. The lowest BCUT2D eigenvalue weighted by atomic mass is 10.0. The Hall–Kier alpha value is -2.40. The van der Waals surface area contributed by atoms with Crippen LogP contribution in [0.5, 0.6) is 0 Å². The van der Waals surface area contributed by atoms with E-state index in [1.165, 1.54) is 10.8 Å². The Morgan fingerprint density at radius 2 is 2.04 bits per heavy atom. The first-order valence-electron chi connectivity index (χ1n) is 8.79. The molecule has 0 saturated carbocycles. The number of fused-ring (bicyclic) bond motifs is 1. The third kappa shape index (κ3) is 4.37. The third-order valence-corrected chi connectivity index (χ3v) is 4.50. The van der Waals surface area contributed by atoms with E-state index >= 15 is 0 Å². The standard InChI is InChI=1S/C20H24N2O3/c1-2-25-11-10-19(23)21-17-12-20(24)22(14-17)13-16-8-5-7-15-6-3-4-9-18(15)16/h3-9,17H,2,10-14H2,1H3,(H,21,23)/t17-/m1/s1. The van der Waals surface area contributed by atoms with Gasteiger partial charge in [-0.2, -0.15) is 0 Å². The molecule has 1 aliphatic heterocycles. The molecule has 1 fully saturated rings. The maximum Gasteiger partial charge on any atom is 0.225 e. The largest absolute Gasteiger partial charge is 0.381 e. The first-order chi connectivity index (χ1) is 12.2. The van der Waals surface area contributed by atoms with Gasteiger partial charge in [0.25, 0.3) is 0 Å². The summed E-state index contributed by atoms with van der Waals surface area (Å²) >= 11 is 0. The lowest BCUT2D eigenvalue weighted by molar-refractivity contribution is -0.128. The summed E-state index contributed by atoms with van der Waals surface area (Å²) < 4.78 is 5.19. The number of ether oxygens (including phenoxy) is 1. The van der Waals surface area contributed by atoms with Crippen LogP contribution >= 0.6 is 0 Å². The van der Waals surface area contributed by atoms with Gasteiger partial charge in [0, 0.05) is 32.5 Å². The molecular formula is C20H24N2O3. The molecule has 1 N–H and O–H groups in total. The number of carbonyl (C=O) groups is 2. The maximum atomic E-state index is 12.3. The summed E-state index contributed by atoms with van der Waals surface area (Å²) in [5, 5.41) is 5.28. The van der Waals surface area contributed by atoms with Gasteiger partial charge in [-0.3, -0.25) is 9.59 Å². The minimum atomic E-state index is -0.114. The zero-order chi connectivity index (χ0) is 17.6. The first-order valence-corrected chi connectivity index (χ1v) is 8.79. The van der Waals surface area contributed by atoms with E-state index in [1.54, 1.807) is 0 Å². The van der Waals surface area contributed by atoms with Gasteiger partial charge in [0.1, 0.15) is 0 Å². The molecular weight excluding hydrogens is 316 g/mol. The molecule has 2 amide bonds. The Morgan fingerprint density at radius 1 is 1.24 bits per heavy atom. The first kappa shape index (κ1) is 17.4. The molecule has 0 radical (unpaired) electrons. The highest BCUT2D eigenvalue weighted by Gasteiger charge is 2.30. The van der Waals surface area contributed by atoms with Crippen molar-refractivity contribution in [1.29, 1.82) is 0 Å². The molecule has 5 nitrogen and oxygen atoms in total. The van der Waals surface area contributed by atoms with Crippen molar-refractivity contribution >= 4 is 22.6 Å². The van der Waals surface area contributed by atoms with E-state index in [9.17, 15) is 9.59 Å². The van der Waals surface area contributed by atoms with Crippen molar-refractivity contribution in [2.45, 2.75) is 32.4 Å². The van der Waals surface area contributed by atoms with Gasteiger partial charge in [0.2, 0.25) is 11.8 Å². The topological polar surface area (TPSA) is 58.6 Å². The Balaban J connectivity index is 1.60. The summed E-state index contributed by atoms with van der Waals surface area (Å²) in [6.07, 6.45) is 0.701. The van der Waals surface area contributed by atoms with E-state index in [0.29, 0.717) is 39.1 Å². The van der Waals surface area contributed by atoms with Crippen molar-refractivity contribution in [3.8, 4) is 0 Å². The smallest absolute Gasteiger partial charge is 0.225 e. The number of hydrogen-bond acceptors (Lipinski definition) is 3. The fraction of sp³-hybridized carbons (Fsp3) is 0.400. The summed E-state index contributed by atoms with van der Waals surface area (Å²) in [4.78, 5) is 26.0. The maximum absolute atomic E-state index is 12.3. The second-order valence-electron chi connectivity index (χ2n) is 6.33. The average Bonchev–Trinajstić information content (AvgIpc) is 2.94. The monoisotopic (exact) mass is 340 g/mol. The summed E-state index contributed by atoms with van der Waals surface area (Å²) in [6.45, 7) is 4.06. The number of nitrogens with zero attached hydrogens (tertiary/aromatic N) is 1. The molecule has 1 saturated heterocycles. The lowest BCUT2D eigenvalue weighted by Gasteiger charge is -2.18. The number of benzene rings is 2. The molecule has 2 aromatic carbocycles. The van der Waals surface area contributed by atoms with Crippen LogP contribution in [-0.4, -0.2) is 42.5 Å². The van der Waals surface area contributed by atoms with Gasteiger partial charge >= 0.3 is 0 Å². The number of carbonyl (C=O) groups excluding carboxylic acids is 2. The highest BCUT2D eigenvalue weighted by molar-refractivity contribution is 5.87. The molecule has 1 atom stereocenters. The molecule has 0 aliphatic carbocycles. The Kier molecular flexibility index (Phi) is 5.66. The van der Waals surface area contributed by atoms with Gasteiger partial charge in [0.05, 0.1) is 12.6 Å². The number of likely N-dealkylation sites (tertiary alicyclic amines) is 1.